The number of benzene rings is 4. The maximum atomic E-state index is 13.3. The first kappa shape index (κ1) is 85.1. The molecule has 27 heteroatoms. The summed E-state index contributed by atoms with van der Waals surface area (Å²) >= 11 is 0. The van der Waals surface area contributed by atoms with E-state index in [0.717, 1.165) is 210 Å². The van der Waals surface area contributed by atoms with E-state index >= 15 is 0 Å². The molecule has 0 spiro atoms. The van der Waals surface area contributed by atoms with Crippen LogP contribution in [-0.2, 0) is 80.8 Å². The van der Waals surface area contributed by atoms with Gasteiger partial charge in [0, 0.05) is 133 Å². The van der Waals surface area contributed by atoms with Crippen molar-refractivity contribution in [2.24, 2.45) is 4.99 Å². The molecule has 15 aromatic rings. The van der Waals surface area contributed by atoms with E-state index in [4.69, 9.17) is 44.6 Å². The largest absolute Gasteiger partial charge is 0.443 e. The van der Waals surface area contributed by atoms with Crippen LogP contribution in [0.4, 0.5) is 22.0 Å². The molecule has 0 bridgehead atoms. The number of para-hydroxylation sites is 7. The number of pyridine rings is 5. The summed E-state index contributed by atoms with van der Waals surface area (Å²) in [4.78, 5) is 100. The van der Waals surface area contributed by atoms with Crippen molar-refractivity contribution in [3.8, 4) is 0 Å². The maximum absolute atomic E-state index is 13.3. The van der Waals surface area contributed by atoms with Crippen LogP contribution in [0, 0.1) is 0 Å². The topological polar surface area (TPSA) is 297 Å². The van der Waals surface area contributed by atoms with Crippen molar-refractivity contribution in [2.45, 2.75) is 186 Å². The lowest BCUT2D eigenvalue weighted by Gasteiger charge is -2.35. The number of nitrogens with one attached hydrogen (secondary N) is 5. The number of fused-ring (bicyclic) bond motifs is 8. The second kappa shape index (κ2) is 40.7. The molecule has 5 N–H and O–H groups in total. The second-order valence-corrected chi connectivity index (χ2v) is 34.2. The van der Waals surface area contributed by atoms with Crippen molar-refractivity contribution in [3.63, 3.8) is 0 Å². The number of imidazole rings is 6. The fourth-order valence-corrected chi connectivity index (χ4v) is 18.4. The minimum absolute atomic E-state index is 0.100. The Morgan fingerprint density at radius 3 is 1.48 bits per heavy atom. The van der Waals surface area contributed by atoms with E-state index in [1.165, 1.54) is 76.8 Å². The SMILES string of the molecule is CC(=O)Nc1ccc(NCCN(CC2=Nc3ccccc3C2)C2CCCc3cccnc32)nc1.CC(C)(C)OC(=O)n1c(CN(CCn2ccnc2)C2CCCc3cccnc32)nc2ccccc21.c1cnc2c(c1)CCCC2N(CCCc1ncc[nH]1)Cc1nc2ccccc2[nH]1.c1cnc2c(c1)CCCC2N(CCn1ccnc1)Cc1nc2ccccc2[nH]1. The summed E-state index contributed by atoms with van der Waals surface area (Å²) in [5.74, 6) is 4.45. The van der Waals surface area contributed by atoms with Gasteiger partial charge in [0.05, 0.1) is 130 Å². The van der Waals surface area contributed by atoms with Crippen molar-refractivity contribution in [1.82, 2.24) is 103 Å². The second-order valence-electron chi connectivity index (χ2n) is 34.2. The predicted octanol–water partition coefficient (Wildman–Crippen LogP) is 17.5. The Balaban J connectivity index is 0.000000119. The standard InChI is InChI=1S/C27H32N6O2.C27H30N6O.C23H26N6.C22H24N6/c1-27(2,3)35-26(34)33-22-11-5-4-10-21(22)30-24(33)18-32(17-16-31-15-14-28-19-31)23-12-6-8-20-9-7-13-29-25(20)23;1-19(34)31-22-11-12-26(30-17-22)28-14-15-33(18-23-16-21-6-2-3-9-24(21)32-23)25-10-4-7-20-8-5-13-29-27(20)25;1-2-9-19-18(8-1)27-22(28-19)16-29(15-5-11-21-24-13-14-25-21)20-10-3-6-17-7-4-12-26-23(17)20;1-2-8-19-18(7-1)25-21(26-19)15-28(14-13-27-12-11-23-16-27)20-9-3-5-17-6-4-10-24-22(17)20/h4-5,7,9-11,13-15,19,23H,6,8,12,16-18H2,1-3H3;2-3,5-6,8-9,11-13,17,25H,4,7,10,14-16,18H2,1H3,(H,28,30)(H,31,34);1-2,4,7-9,12-14,20H,3,5-6,10-11,15-16H2,(H,24,25)(H,27,28);1-2,4,6-8,10-12,16,20H,3,5,9,13-15H2,(H,25,26). The van der Waals surface area contributed by atoms with Crippen LogP contribution >= 0.6 is 0 Å². The molecule has 0 saturated heterocycles. The number of aromatic nitrogens is 17. The number of hydrogen-bond donors (Lipinski definition) is 5. The van der Waals surface area contributed by atoms with Gasteiger partial charge < -0.3 is 39.5 Å². The van der Waals surface area contributed by atoms with Gasteiger partial charge in [-0.25, -0.2) is 44.2 Å². The third-order valence-corrected chi connectivity index (χ3v) is 24.2. The van der Waals surface area contributed by atoms with Crippen LogP contribution in [0.15, 0.2) is 244 Å². The van der Waals surface area contributed by atoms with Crippen molar-refractivity contribution >= 4 is 68.0 Å². The number of hydrogen-bond acceptors (Lipinski definition) is 20. The normalized spacial score (nSPS) is 16.3. The molecular formula is C99H112N24O3. The Morgan fingerprint density at radius 1 is 0.492 bits per heavy atom. The number of ether oxygens (including phenoxy) is 1. The molecule has 4 atom stereocenters. The summed E-state index contributed by atoms with van der Waals surface area (Å²) in [7, 11) is 0. The summed E-state index contributed by atoms with van der Waals surface area (Å²) in [6.07, 6.45) is 40.4. The highest BCUT2D eigenvalue weighted by molar-refractivity contribution is 5.95. The van der Waals surface area contributed by atoms with Gasteiger partial charge in [0.2, 0.25) is 5.91 Å². The Bertz CT molecular complexity index is 6020. The van der Waals surface area contributed by atoms with Gasteiger partial charge in [-0.2, -0.15) is 0 Å². The summed E-state index contributed by atoms with van der Waals surface area (Å²) in [6.45, 7) is 16.0. The highest BCUT2D eigenvalue weighted by atomic mass is 16.6. The zero-order chi connectivity index (χ0) is 86.0. The van der Waals surface area contributed by atoms with Crippen LogP contribution in [0.25, 0.3) is 33.1 Å². The number of carbonyl (C=O) groups excluding carboxylic acids is 2. The molecule has 27 nitrogen and oxygen atoms in total. The molecule has 12 heterocycles. The number of aliphatic imine (C=N–C) groups is 1. The molecule has 5 aliphatic rings. The number of carbonyl (C=O) groups is 2. The molecule has 11 aromatic heterocycles. The van der Waals surface area contributed by atoms with Gasteiger partial charge in [-0.1, -0.05) is 78.9 Å². The lowest BCUT2D eigenvalue weighted by molar-refractivity contribution is -0.114. The van der Waals surface area contributed by atoms with E-state index in [1.54, 1.807) is 17.0 Å². The van der Waals surface area contributed by atoms with E-state index in [1.807, 2.05) is 162 Å². The van der Waals surface area contributed by atoms with E-state index in [9.17, 15) is 9.59 Å². The predicted molar refractivity (Wildman–Crippen MR) is 492 cm³/mol. The van der Waals surface area contributed by atoms with Crippen molar-refractivity contribution < 1.29 is 14.3 Å². The number of amides is 1. The number of aryl methyl sites for hydroxylation is 5. The molecule has 0 fully saturated rings. The van der Waals surface area contributed by atoms with Crippen LogP contribution in [0.2, 0.25) is 0 Å². The molecule has 4 unspecified atom stereocenters. The molecule has 4 aliphatic carbocycles. The Labute approximate surface area is 735 Å². The number of H-pyrrole nitrogens is 3. The molecule has 126 heavy (non-hydrogen) atoms. The van der Waals surface area contributed by atoms with E-state index in [-0.39, 0.29) is 18.0 Å². The maximum Gasteiger partial charge on any atom is 0.420 e. The molecule has 0 saturated carbocycles. The van der Waals surface area contributed by atoms with Crippen LogP contribution in [-0.4, -0.2) is 166 Å². The third-order valence-electron chi connectivity index (χ3n) is 24.2. The van der Waals surface area contributed by atoms with Crippen molar-refractivity contribution in [1.29, 1.82) is 0 Å². The Morgan fingerprint density at radius 2 is 0.992 bits per heavy atom. The van der Waals surface area contributed by atoms with E-state index in [0.29, 0.717) is 30.1 Å². The summed E-state index contributed by atoms with van der Waals surface area (Å²) in [6, 6.07) is 54.5. The van der Waals surface area contributed by atoms with Crippen LogP contribution in [0.1, 0.15) is 184 Å². The van der Waals surface area contributed by atoms with Gasteiger partial charge in [0.1, 0.15) is 34.7 Å². The highest BCUT2D eigenvalue weighted by Crippen LogP contribution is 2.39. The molecule has 1 aliphatic heterocycles. The quantitative estimate of drug-likeness (QED) is 0.0319. The first-order valence-electron chi connectivity index (χ1n) is 44.6. The summed E-state index contributed by atoms with van der Waals surface area (Å²) in [5, 5.41) is 6.18. The minimum Gasteiger partial charge on any atom is -0.443 e. The zero-order valence-electron chi connectivity index (χ0n) is 72.4. The van der Waals surface area contributed by atoms with Crippen molar-refractivity contribution in [3.05, 3.63) is 312 Å². The first-order chi connectivity index (χ1) is 61.8. The molecular weight excluding hydrogens is 1570 g/mol. The molecule has 4 aromatic carbocycles. The van der Waals surface area contributed by atoms with Gasteiger partial charge in [-0.15, -0.1) is 0 Å². The number of nitrogens with zero attached hydrogens (tertiary/aromatic N) is 19. The number of anilines is 2. The molecule has 20 rings (SSSR count). The fourth-order valence-electron chi connectivity index (χ4n) is 18.4. The van der Waals surface area contributed by atoms with Gasteiger partial charge in [0.25, 0.3) is 0 Å². The fraction of sp³-hybridized carbons (Fsp3) is 0.354. The molecule has 646 valence electrons. The number of rotatable bonds is 27. The monoisotopic (exact) mass is 1680 g/mol. The minimum atomic E-state index is -0.604. The average Bonchev–Trinajstić information content (AvgIpc) is 1.62. The lowest BCUT2D eigenvalue weighted by Crippen LogP contribution is -2.39. The van der Waals surface area contributed by atoms with Gasteiger partial charge in [-0.3, -0.25) is 49.3 Å². The average molecular weight is 1690 g/mol. The van der Waals surface area contributed by atoms with E-state index < -0.39 is 11.7 Å². The third kappa shape index (κ3) is 21.6. The smallest absolute Gasteiger partial charge is 0.420 e. The zero-order valence-corrected chi connectivity index (χ0v) is 72.4. The first-order valence-corrected chi connectivity index (χ1v) is 44.6. The van der Waals surface area contributed by atoms with Gasteiger partial charge in [-0.05, 0) is 217 Å². The van der Waals surface area contributed by atoms with Crippen LogP contribution in [0.5, 0.6) is 0 Å². The molecule has 1 amide bonds. The van der Waals surface area contributed by atoms with Crippen LogP contribution in [0.3, 0.4) is 0 Å². The highest BCUT2D eigenvalue weighted by Gasteiger charge is 2.35. The van der Waals surface area contributed by atoms with Crippen LogP contribution < -0.4 is 10.6 Å². The molecule has 0 radical (unpaired) electrons. The van der Waals surface area contributed by atoms with Crippen molar-refractivity contribution in [2.75, 3.05) is 49.9 Å². The summed E-state index contributed by atoms with van der Waals surface area (Å²) < 4.78 is 11.6. The van der Waals surface area contributed by atoms with Gasteiger partial charge in [0.15, 0.2) is 0 Å². The summed E-state index contributed by atoms with van der Waals surface area (Å²) in [5.41, 5.74) is 19.7. The van der Waals surface area contributed by atoms with Gasteiger partial charge >= 0.3 is 6.09 Å². The van der Waals surface area contributed by atoms with E-state index in [2.05, 4.69) is 159 Å². The lowest BCUT2D eigenvalue weighted by atomic mass is 9.90. The Kier molecular flexibility index (Phi) is 27.5. The Hall–Kier alpha value is -13.1. The number of aromatic amines is 3.